The number of rotatable bonds is 5. The summed E-state index contributed by atoms with van der Waals surface area (Å²) in [7, 11) is 4.64. The van der Waals surface area contributed by atoms with Crippen LogP contribution in [0.1, 0.15) is 5.56 Å². The number of ether oxygens (including phenoxy) is 3. The summed E-state index contributed by atoms with van der Waals surface area (Å²) < 4.78 is 17.2. The second-order valence-electron chi connectivity index (χ2n) is 5.56. The number of benzene rings is 2. The van der Waals surface area contributed by atoms with E-state index in [1.165, 1.54) is 16.7 Å². The number of carbonyl (C=O) groups excluding carboxylic acids is 1. The Bertz CT molecular complexity index is 996. The lowest BCUT2D eigenvalue weighted by molar-refractivity contribution is -0.113. The molecule has 1 amide bonds. The Morgan fingerprint density at radius 2 is 1.71 bits per heavy atom. The van der Waals surface area contributed by atoms with Crippen LogP contribution in [-0.2, 0) is 4.79 Å². The molecule has 0 aliphatic carbocycles. The van der Waals surface area contributed by atoms with Crippen molar-refractivity contribution < 1.29 is 19.0 Å². The molecule has 146 valence electrons. The Morgan fingerprint density at radius 3 is 2.32 bits per heavy atom. The molecule has 1 fully saturated rings. The van der Waals surface area contributed by atoms with Gasteiger partial charge in [-0.1, -0.05) is 35.6 Å². The summed E-state index contributed by atoms with van der Waals surface area (Å²) in [6.07, 6.45) is 1.72. The first kappa shape index (κ1) is 21.0. The number of halogens is 2. The molecule has 1 aliphatic rings. The van der Waals surface area contributed by atoms with Gasteiger partial charge in [-0.2, -0.15) is 0 Å². The highest BCUT2D eigenvalue weighted by Crippen LogP contribution is 2.41. The lowest BCUT2D eigenvalue weighted by Crippen LogP contribution is -2.27. The van der Waals surface area contributed by atoms with E-state index in [-0.39, 0.29) is 5.91 Å². The molecule has 2 aromatic carbocycles. The highest BCUT2D eigenvalue weighted by atomic mass is 79.9. The van der Waals surface area contributed by atoms with Crippen molar-refractivity contribution in [2.24, 2.45) is 0 Å². The monoisotopic (exact) mass is 499 g/mol. The molecule has 0 spiro atoms. The molecule has 0 bridgehead atoms. The molecule has 1 saturated heterocycles. The molecule has 0 atom stereocenters. The second-order valence-corrected chi connectivity index (χ2v) is 8.50. The molecular formula is C19H15BrClNO4S2. The van der Waals surface area contributed by atoms with Crippen molar-refractivity contribution in [3.05, 3.63) is 50.3 Å². The number of thioether (sulfide) groups is 1. The van der Waals surface area contributed by atoms with E-state index in [2.05, 4.69) is 15.9 Å². The maximum atomic E-state index is 13.0. The first-order valence-electron chi connectivity index (χ1n) is 7.92. The molecule has 0 N–H and O–H groups in total. The first-order valence-corrected chi connectivity index (χ1v) is 10.3. The van der Waals surface area contributed by atoms with Gasteiger partial charge in [0.15, 0.2) is 15.8 Å². The van der Waals surface area contributed by atoms with Crippen LogP contribution in [-0.4, -0.2) is 31.6 Å². The van der Waals surface area contributed by atoms with Crippen molar-refractivity contribution in [3.63, 3.8) is 0 Å². The van der Waals surface area contributed by atoms with E-state index in [0.29, 0.717) is 42.7 Å². The van der Waals surface area contributed by atoms with Gasteiger partial charge in [-0.05, 0) is 46.3 Å². The Kier molecular flexibility index (Phi) is 6.54. The van der Waals surface area contributed by atoms with Crippen LogP contribution in [0.5, 0.6) is 17.2 Å². The number of hydrogen-bond acceptors (Lipinski definition) is 6. The topological polar surface area (TPSA) is 48.0 Å². The standard InChI is InChI=1S/C19H15BrClNO4S2/c1-24-14-9-16(26-3)15(25-2)6-10(14)7-17-18(23)22(19(27)28-17)11-4-5-12(20)13(21)8-11/h4-9H,1-3H3/b17-7+. The molecule has 0 aromatic heterocycles. The van der Waals surface area contributed by atoms with Crippen LogP contribution in [0.2, 0.25) is 5.02 Å². The van der Waals surface area contributed by atoms with Crippen LogP contribution in [0.4, 0.5) is 5.69 Å². The molecule has 0 unspecified atom stereocenters. The summed E-state index contributed by atoms with van der Waals surface area (Å²) in [6, 6.07) is 8.70. The van der Waals surface area contributed by atoms with Crippen molar-refractivity contribution >= 4 is 73.5 Å². The average molecular weight is 501 g/mol. The molecule has 5 nitrogen and oxygen atoms in total. The number of hydrogen-bond donors (Lipinski definition) is 0. The third-order valence-corrected chi connectivity index (χ3v) is 6.51. The molecule has 3 rings (SSSR count). The molecule has 9 heteroatoms. The SMILES string of the molecule is COc1cc(OC)c(OC)cc1/C=C1/SC(=S)N(c2ccc(Br)c(Cl)c2)C1=O. The van der Waals surface area contributed by atoms with Crippen molar-refractivity contribution in [1.29, 1.82) is 0 Å². The van der Waals surface area contributed by atoms with Crippen LogP contribution in [0, 0.1) is 0 Å². The van der Waals surface area contributed by atoms with E-state index >= 15 is 0 Å². The van der Waals surface area contributed by atoms with Crippen molar-refractivity contribution in [2.45, 2.75) is 0 Å². The summed E-state index contributed by atoms with van der Waals surface area (Å²) >= 11 is 16.1. The van der Waals surface area contributed by atoms with Gasteiger partial charge in [-0.3, -0.25) is 9.69 Å². The first-order chi connectivity index (χ1) is 13.4. The van der Waals surface area contributed by atoms with Crippen molar-refractivity contribution in [2.75, 3.05) is 26.2 Å². The molecule has 2 aromatic rings. The fraction of sp³-hybridized carbons (Fsp3) is 0.158. The number of nitrogens with zero attached hydrogens (tertiary/aromatic N) is 1. The minimum Gasteiger partial charge on any atom is -0.496 e. The van der Waals surface area contributed by atoms with E-state index in [1.807, 2.05) is 0 Å². The normalized spacial score (nSPS) is 15.3. The number of anilines is 1. The van der Waals surface area contributed by atoms with Crippen LogP contribution in [0.3, 0.4) is 0 Å². The van der Waals surface area contributed by atoms with Crippen LogP contribution in [0.15, 0.2) is 39.7 Å². The van der Waals surface area contributed by atoms with Crippen LogP contribution < -0.4 is 19.1 Å². The minimum absolute atomic E-state index is 0.231. The maximum absolute atomic E-state index is 13.0. The van der Waals surface area contributed by atoms with Crippen molar-refractivity contribution in [3.8, 4) is 17.2 Å². The lowest BCUT2D eigenvalue weighted by Gasteiger charge is -2.15. The lowest BCUT2D eigenvalue weighted by atomic mass is 10.1. The third-order valence-electron chi connectivity index (χ3n) is 3.98. The molecule has 0 radical (unpaired) electrons. The largest absolute Gasteiger partial charge is 0.496 e. The average Bonchev–Trinajstić information content (AvgIpc) is 2.96. The number of thiocarbonyl (C=S) groups is 1. The van der Waals surface area contributed by atoms with E-state index in [9.17, 15) is 4.79 Å². The Hall–Kier alpha value is -1.74. The molecule has 1 aliphatic heterocycles. The molecule has 0 saturated carbocycles. The quantitative estimate of drug-likeness (QED) is 0.397. The minimum atomic E-state index is -0.231. The zero-order chi connectivity index (χ0) is 20.4. The van der Waals surface area contributed by atoms with Gasteiger partial charge in [-0.25, -0.2) is 0 Å². The van der Waals surface area contributed by atoms with Gasteiger partial charge < -0.3 is 14.2 Å². The molecule has 1 heterocycles. The molecule has 28 heavy (non-hydrogen) atoms. The summed E-state index contributed by atoms with van der Waals surface area (Å²) in [6.45, 7) is 0. The van der Waals surface area contributed by atoms with E-state index < -0.39 is 0 Å². The third kappa shape index (κ3) is 4.00. The van der Waals surface area contributed by atoms with E-state index in [0.717, 1.165) is 4.47 Å². The van der Waals surface area contributed by atoms with Crippen LogP contribution >= 0.6 is 51.5 Å². The fourth-order valence-electron chi connectivity index (χ4n) is 2.62. The number of carbonyl (C=O) groups is 1. The van der Waals surface area contributed by atoms with Gasteiger partial charge in [-0.15, -0.1) is 0 Å². The molecular weight excluding hydrogens is 486 g/mol. The second kappa shape index (κ2) is 8.73. The van der Waals surface area contributed by atoms with Gasteiger partial charge in [0.1, 0.15) is 5.75 Å². The zero-order valence-corrected chi connectivity index (χ0v) is 19.1. The Labute approximate surface area is 185 Å². The van der Waals surface area contributed by atoms with Gasteiger partial charge in [0.2, 0.25) is 0 Å². The van der Waals surface area contributed by atoms with Crippen molar-refractivity contribution in [1.82, 2.24) is 0 Å². The maximum Gasteiger partial charge on any atom is 0.270 e. The van der Waals surface area contributed by atoms with Gasteiger partial charge in [0.25, 0.3) is 5.91 Å². The van der Waals surface area contributed by atoms with Crippen LogP contribution in [0.25, 0.3) is 6.08 Å². The predicted molar refractivity (Wildman–Crippen MR) is 121 cm³/mol. The Morgan fingerprint density at radius 1 is 1.07 bits per heavy atom. The summed E-state index contributed by atoms with van der Waals surface area (Å²) in [5.74, 6) is 1.39. The van der Waals surface area contributed by atoms with Gasteiger partial charge in [0, 0.05) is 16.1 Å². The van der Waals surface area contributed by atoms with Gasteiger partial charge in [0.05, 0.1) is 36.9 Å². The number of methoxy groups -OCH3 is 3. The fourth-order valence-corrected chi connectivity index (χ4v) is 4.33. The highest BCUT2D eigenvalue weighted by Gasteiger charge is 2.34. The number of amides is 1. The Balaban J connectivity index is 2.01. The zero-order valence-electron chi connectivity index (χ0n) is 15.1. The van der Waals surface area contributed by atoms with E-state index in [1.54, 1.807) is 57.7 Å². The predicted octanol–water partition coefficient (Wildman–Crippen LogP) is 5.53. The highest BCUT2D eigenvalue weighted by molar-refractivity contribution is 9.10. The smallest absolute Gasteiger partial charge is 0.270 e. The van der Waals surface area contributed by atoms with Gasteiger partial charge >= 0.3 is 0 Å². The van der Waals surface area contributed by atoms with E-state index in [4.69, 9.17) is 38.0 Å². The summed E-state index contributed by atoms with van der Waals surface area (Å²) in [4.78, 5) is 14.9. The summed E-state index contributed by atoms with van der Waals surface area (Å²) in [5, 5.41) is 0.497. The summed E-state index contributed by atoms with van der Waals surface area (Å²) in [5.41, 5.74) is 1.29.